The summed E-state index contributed by atoms with van der Waals surface area (Å²) >= 11 is 0. The number of aromatic nitrogens is 1. The van der Waals surface area contributed by atoms with E-state index in [0.29, 0.717) is 13.2 Å². The highest BCUT2D eigenvalue weighted by Crippen LogP contribution is 2.12. The number of nitrogens with one attached hydrogen (secondary N) is 1. The first-order valence-electron chi connectivity index (χ1n) is 5.08. The summed E-state index contributed by atoms with van der Waals surface area (Å²) in [6, 6.07) is 8.13. The molecule has 16 heavy (non-hydrogen) atoms. The maximum Gasteiger partial charge on any atom is 0.128 e. The van der Waals surface area contributed by atoms with Crippen LogP contribution >= 0.6 is 0 Å². The third-order valence-corrected chi connectivity index (χ3v) is 2.22. The van der Waals surface area contributed by atoms with Crippen LogP contribution < -0.4 is 5.32 Å². The van der Waals surface area contributed by atoms with Crippen molar-refractivity contribution in [3.63, 3.8) is 0 Å². The molecule has 0 fully saturated rings. The number of anilines is 1. The van der Waals surface area contributed by atoms with Crippen molar-refractivity contribution in [2.75, 3.05) is 12.4 Å². The van der Waals surface area contributed by atoms with Crippen LogP contribution in [0.25, 0.3) is 0 Å². The van der Waals surface area contributed by atoms with E-state index in [2.05, 4.69) is 16.5 Å². The Balaban J connectivity index is 1.96. The maximum atomic E-state index is 5.08. The van der Waals surface area contributed by atoms with Crippen molar-refractivity contribution in [3.05, 3.63) is 47.9 Å². The topological polar surface area (TPSA) is 47.3 Å². The normalized spacial score (nSPS) is 10.3. The minimum Gasteiger partial charge on any atom is -0.381 e. The average molecular weight is 218 g/mol. The van der Waals surface area contributed by atoms with E-state index in [1.165, 1.54) is 0 Å². The lowest BCUT2D eigenvalue weighted by Crippen LogP contribution is -1.99. The number of rotatable bonds is 5. The summed E-state index contributed by atoms with van der Waals surface area (Å²) in [6.45, 7) is 1.34. The molecule has 0 bridgehead atoms. The van der Waals surface area contributed by atoms with E-state index < -0.39 is 0 Å². The van der Waals surface area contributed by atoms with E-state index in [0.717, 1.165) is 16.8 Å². The summed E-state index contributed by atoms with van der Waals surface area (Å²) < 4.78 is 9.84. The standard InChI is InChI=1S/C12H14N2O2/c1-15-8-10-3-2-4-12(5-10)13-6-11-7-14-16-9-11/h2-5,7,9,13H,6,8H2,1H3. The fraction of sp³-hybridized carbons (Fsp3) is 0.250. The van der Waals surface area contributed by atoms with Crippen LogP contribution in [0, 0.1) is 0 Å². The number of benzene rings is 1. The predicted octanol–water partition coefficient (Wildman–Crippen LogP) is 2.43. The van der Waals surface area contributed by atoms with Crippen LogP contribution in [0.2, 0.25) is 0 Å². The minimum atomic E-state index is 0.628. The van der Waals surface area contributed by atoms with Gasteiger partial charge >= 0.3 is 0 Å². The molecule has 0 aliphatic heterocycles. The zero-order chi connectivity index (χ0) is 11.2. The number of nitrogens with zero attached hydrogens (tertiary/aromatic N) is 1. The van der Waals surface area contributed by atoms with Gasteiger partial charge in [0.2, 0.25) is 0 Å². The smallest absolute Gasteiger partial charge is 0.128 e. The molecule has 1 N–H and O–H groups in total. The molecule has 2 rings (SSSR count). The van der Waals surface area contributed by atoms with Crippen LogP contribution in [0.1, 0.15) is 11.1 Å². The summed E-state index contributed by atoms with van der Waals surface area (Å²) in [5.74, 6) is 0. The monoisotopic (exact) mass is 218 g/mol. The van der Waals surface area contributed by atoms with E-state index in [1.54, 1.807) is 19.6 Å². The number of hydrogen-bond acceptors (Lipinski definition) is 4. The second-order valence-electron chi connectivity index (χ2n) is 3.52. The molecule has 4 heteroatoms. The molecular weight excluding hydrogens is 204 g/mol. The second kappa shape index (κ2) is 5.32. The fourth-order valence-electron chi connectivity index (χ4n) is 1.46. The van der Waals surface area contributed by atoms with Gasteiger partial charge in [-0.25, -0.2) is 0 Å². The van der Waals surface area contributed by atoms with E-state index in [1.807, 2.05) is 18.2 Å². The molecule has 1 aromatic carbocycles. The van der Waals surface area contributed by atoms with Crippen molar-refractivity contribution >= 4 is 5.69 Å². The second-order valence-corrected chi connectivity index (χ2v) is 3.52. The SMILES string of the molecule is COCc1cccc(NCc2cnoc2)c1. The van der Waals surface area contributed by atoms with Crippen LogP contribution in [-0.4, -0.2) is 12.3 Å². The van der Waals surface area contributed by atoms with Gasteiger partial charge in [0.15, 0.2) is 0 Å². The van der Waals surface area contributed by atoms with Gasteiger partial charge in [-0.05, 0) is 17.7 Å². The van der Waals surface area contributed by atoms with Gasteiger partial charge in [-0.1, -0.05) is 17.3 Å². The molecular formula is C12H14N2O2. The molecule has 0 aliphatic carbocycles. The molecule has 0 unspecified atom stereocenters. The minimum absolute atomic E-state index is 0.628. The van der Waals surface area contributed by atoms with Gasteiger partial charge in [-0.3, -0.25) is 0 Å². The van der Waals surface area contributed by atoms with E-state index in [4.69, 9.17) is 9.26 Å². The first kappa shape index (κ1) is 10.7. The lowest BCUT2D eigenvalue weighted by Gasteiger charge is -2.06. The quantitative estimate of drug-likeness (QED) is 0.837. The van der Waals surface area contributed by atoms with Crippen LogP contribution in [0.5, 0.6) is 0 Å². The van der Waals surface area contributed by atoms with Crippen LogP contribution in [0.3, 0.4) is 0 Å². The van der Waals surface area contributed by atoms with Gasteiger partial charge < -0.3 is 14.6 Å². The number of hydrogen-bond donors (Lipinski definition) is 1. The highest BCUT2D eigenvalue weighted by Gasteiger charge is 1.97. The van der Waals surface area contributed by atoms with Crippen molar-refractivity contribution in [1.82, 2.24) is 5.16 Å². The third kappa shape index (κ3) is 2.84. The Hall–Kier alpha value is -1.81. The summed E-state index contributed by atoms with van der Waals surface area (Å²) in [7, 11) is 1.69. The van der Waals surface area contributed by atoms with Gasteiger partial charge in [0.25, 0.3) is 0 Å². The van der Waals surface area contributed by atoms with Crippen molar-refractivity contribution in [3.8, 4) is 0 Å². The van der Waals surface area contributed by atoms with Crippen LogP contribution in [0.15, 0.2) is 41.2 Å². The average Bonchev–Trinajstić information content (AvgIpc) is 2.80. The fourth-order valence-corrected chi connectivity index (χ4v) is 1.46. The Morgan fingerprint density at radius 1 is 1.38 bits per heavy atom. The van der Waals surface area contributed by atoms with Crippen molar-refractivity contribution in [2.45, 2.75) is 13.2 Å². The molecule has 0 saturated heterocycles. The van der Waals surface area contributed by atoms with Crippen molar-refractivity contribution < 1.29 is 9.26 Å². The summed E-state index contributed by atoms with van der Waals surface area (Å²) in [5, 5.41) is 6.94. The highest BCUT2D eigenvalue weighted by atomic mass is 16.5. The highest BCUT2D eigenvalue weighted by molar-refractivity contribution is 5.45. The predicted molar refractivity (Wildman–Crippen MR) is 61.0 cm³/mol. The molecule has 0 amide bonds. The number of methoxy groups -OCH3 is 1. The van der Waals surface area contributed by atoms with Crippen LogP contribution in [-0.2, 0) is 17.9 Å². The maximum absolute atomic E-state index is 5.08. The first-order valence-corrected chi connectivity index (χ1v) is 5.08. The Morgan fingerprint density at radius 3 is 3.06 bits per heavy atom. The van der Waals surface area contributed by atoms with Crippen molar-refractivity contribution in [1.29, 1.82) is 0 Å². The molecule has 0 atom stereocenters. The Morgan fingerprint density at radius 2 is 2.31 bits per heavy atom. The zero-order valence-corrected chi connectivity index (χ0v) is 9.14. The zero-order valence-electron chi connectivity index (χ0n) is 9.14. The Kier molecular flexibility index (Phi) is 3.56. The third-order valence-electron chi connectivity index (χ3n) is 2.22. The number of ether oxygens (including phenoxy) is 1. The van der Waals surface area contributed by atoms with Gasteiger partial charge in [0.05, 0.1) is 12.8 Å². The molecule has 0 radical (unpaired) electrons. The Labute approximate surface area is 94.2 Å². The van der Waals surface area contributed by atoms with E-state index >= 15 is 0 Å². The van der Waals surface area contributed by atoms with E-state index in [-0.39, 0.29) is 0 Å². The van der Waals surface area contributed by atoms with Gasteiger partial charge in [0, 0.05) is 24.9 Å². The lowest BCUT2D eigenvalue weighted by molar-refractivity contribution is 0.185. The molecule has 0 aliphatic rings. The van der Waals surface area contributed by atoms with Gasteiger partial charge in [-0.15, -0.1) is 0 Å². The summed E-state index contributed by atoms with van der Waals surface area (Å²) in [5.41, 5.74) is 3.24. The van der Waals surface area contributed by atoms with Gasteiger partial charge in [0.1, 0.15) is 6.26 Å². The molecule has 4 nitrogen and oxygen atoms in total. The van der Waals surface area contributed by atoms with Crippen molar-refractivity contribution in [2.24, 2.45) is 0 Å². The summed E-state index contributed by atoms with van der Waals surface area (Å²) in [4.78, 5) is 0. The lowest BCUT2D eigenvalue weighted by atomic mass is 10.2. The summed E-state index contributed by atoms with van der Waals surface area (Å²) in [6.07, 6.45) is 3.33. The molecule has 1 heterocycles. The first-order chi connectivity index (χ1) is 7.88. The largest absolute Gasteiger partial charge is 0.381 e. The van der Waals surface area contributed by atoms with E-state index in [9.17, 15) is 0 Å². The Bertz CT molecular complexity index is 426. The molecule has 84 valence electrons. The van der Waals surface area contributed by atoms with Gasteiger partial charge in [-0.2, -0.15) is 0 Å². The molecule has 0 saturated carbocycles. The molecule has 1 aromatic heterocycles. The van der Waals surface area contributed by atoms with Crippen LogP contribution in [0.4, 0.5) is 5.69 Å². The molecule has 2 aromatic rings. The molecule has 0 spiro atoms.